The van der Waals surface area contributed by atoms with Gasteiger partial charge in [-0.2, -0.15) is 0 Å². The number of rotatable bonds is 4. The van der Waals surface area contributed by atoms with E-state index in [-0.39, 0.29) is 14.0 Å². The van der Waals surface area contributed by atoms with Gasteiger partial charge in [-0.05, 0) is 153 Å². The number of carbonyl (C=O) groups is 3. The quantitative estimate of drug-likeness (QED) is 0.0984. The highest BCUT2D eigenvalue weighted by Gasteiger charge is 2.16. The zero-order valence-corrected chi connectivity index (χ0v) is 43.9. The van der Waals surface area contributed by atoms with Crippen LogP contribution in [0.3, 0.4) is 0 Å². The molecule has 2 amide bonds. The molecule has 1 aliphatic heterocycles. The minimum absolute atomic E-state index is 0. The molecule has 0 unspecified atom stereocenters. The fourth-order valence-corrected chi connectivity index (χ4v) is 5.01. The summed E-state index contributed by atoms with van der Waals surface area (Å²) in [5.41, 5.74) is 122. The molecule has 3 aromatic rings. The molecule has 11 nitrogen and oxygen atoms in total. The van der Waals surface area contributed by atoms with E-state index in [9.17, 15) is 19.5 Å². The van der Waals surface area contributed by atoms with Gasteiger partial charge in [-0.15, -0.1) is 0 Å². The summed E-state index contributed by atoms with van der Waals surface area (Å²) in [4.78, 5) is 36.8. The summed E-state index contributed by atoms with van der Waals surface area (Å²) in [6.07, 6.45) is 1.50. The normalized spacial score (nSPS) is 6.90. The molecular weight excluding hydrogens is 1040 g/mol. The first-order chi connectivity index (χ1) is 40.8. The minimum atomic E-state index is -0.600. The number of ether oxygens (including phenoxy) is 3. The maximum Gasteiger partial charge on any atom is 0.411 e. The molecule has 0 aliphatic carbocycles. The van der Waals surface area contributed by atoms with Gasteiger partial charge in [0, 0.05) is 207 Å². The summed E-state index contributed by atoms with van der Waals surface area (Å²) in [6.45, 7) is 7.46. The number of esters is 1. The summed E-state index contributed by atoms with van der Waals surface area (Å²) < 4.78 is 13.7. The van der Waals surface area contributed by atoms with Crippen molar-refractivity contribution in [3.8, 4) is 0 Å². The van der Waals surface area contributed by atoms with Gasteiger partial charge in [0.05, 0.1) is 33.5 Å². The molecule has 0 bridgehead atoms. The number of hydrogen-bond donors (Lipinski definition) is 5. The van der Waals surface area contributed by atoms with Crippen molar-refractivity contribution in [1.29, 1.82) is 0 Å². The van der Waals surface area contributed by atoms with E-state index in [1.165, 1.54) is 21.3 Å². The van der Waals surface area contributed by atoms with E-state index >= 15 is 0 Å². The zero-order valence-electron chi connectivity index (χ0n) is 43.9. The number of H-pyrrole nitrogens is 1. The number of aromatic amines is 1. The second kappa shape index (κ2) is 46.7. The Bertz CT molecular complexity index is 4900. The molecule has 0 spiro atoms. The molecule has 0 radical (unpaired) electrons. The smallest absolute Gasteiger partial charge is 0.411 e. The maximum atomic E-state index is 11.7. The van der Waals surface area contributed by atoms with Crippen LogP contribution in [0.15, 0.2) is 319 Å². The van der Waals surface area contributed by atoms with E-state index in [2.05, 4.69) is 313 Å². The zero-order chi connectivity index (χ0) is 59.9. The summed E-state index contributed by atoms with van der Waals surface area (Å²) in [6, 6.07) is 8.63. The Labute approximate surface area is 482 Å². The van der Waals surface area contributed by atoms with Crippen LogP contribution in [-0.2, 0) is 27.2 Å². The summed E-state index contributed by atoms with van der Waals surface area (Å²) >= 11 is 0. The molecule has 1 aliphatic rings. The summed E-state index contributed by atoms with van der Waals surface area (Å²) in [7, 11) is 3.89. The van der Waals surface area contributed by atoms with Gasteiger partial charge in [0.25, 0.3) is 0 Å². The number of hydrogen-bond acceptors (Lipinski definition) is 8. The van der Waals surface area contributed by atoms with E-state index in [4.69, 9.17) is 4.74 Å². The molecule has 5 N–H and O–H groups in total. The van der Waals surface area contributed by atoms with Crippen LogP contribution in [0.5, 0.6) is 0 Å². The molecule has 1 aromatic heterocycles. The van der Waals surface area contributed by atoms with E-state index in [0.717, 1.165) is 40.7 Å². The molecule has 388 valence electrons. The van der Waals surface area contributed by atoms with Crippen molar-refractivity contribution in [2.75, 3.05) is 43.8 Å². The Kier molecular flexibility index (Phi) is 37.3. The number of fused-ring (bicyclic) bond motifs is 2. The lowest BCUT2D eigenvalue weighted by Crippen LogP contribution is -2.12. The molecule has 2 heterocycles. The van der Waals surface area contributed by atoms with Gasteiger partial charge < -0.3 is 29.6 Å². The minimum Gasteiger partial charge on any atom is -0.465 e. The highest BCUT2D eigenvalue weighted by Crippen LogP contribution is 2.30. The Balaban J connectivity index is 0.000000802. The van der Waals surface area contributed by atoms with E-state index in [0.29, 0.717) is 16.9 Å². The van der Waals surface area contributed by atoms with Gasteiger partial charge in [0.15, 0.2) is 0 Å². The second-order valence-electron chi connectivity index (χ2n) is 13.2. The average molecular weight is 1080 g/mol. The maximum absolute atomic E-state index is 11.7. The number of methoxy groups -OCH3 is 3. The molecule has 4 rings (SSSR count). The van der Waals surface area contributed by atoms with Crippen LogP contribution in [-0.4, -0.2) is 56.1 Å². The number of aliphatic hydroxyl groups is 1. The Morgan fingerprint density at radius 1 is 0.464 bits per heavy atom. The lowest BCUT2D eigenvalue weighted by Gasteiger charge is -2.10. The first kappa shape index (κ1) is 67.2. The van der Waals surface area contributed by atoms with Crippen LogP contribution in [0.4, 0.5) is 26.7 Å². The van der Waals surface area contributed by atoms with Gasteiger partial charge >= 0.3 is 18.2 Å². The standard InChI is InChI=1S/C49H4.C12H12N2O4.C11H14N2O3.CH4/c1-3-5-7-9-11-13-15-17-19-21-23-25-27-29-31-33-35-37-39-41-43-45-47-49-48-46-44-42-40-38-36-34-32-30-28-26-24-22-20-18-16-14-12-10-8-6-4-2;1-17-11(15)9-5-7(14-12(16)18-2)6-10-8(9)3-4-13-10;1-16-11(15)13-8-4-7(6-14)9-2-3-12-10(9)5-8;/h1-2H2;3-6,13H,1-2H3,(H,14,16);4-5,12,14H,2-3,6H2,1H3,(H,13,15);1H4. The first-order valence-electron chi connectivity index (χ1n) is 22.5. The van der Waals surface area contributed by atoms with E-state index in [1.807, 2.05) is 6.07 Å². The third-order valence-electron chi connectivity index (χ3n) is 8.07. The second-order valence-corrected chi connectivity index (χ2v) is 13.2. The lowest BCUT2D eigenvalue weighted by atomic mass is 10.0. The summed E-state index contributed by atoms with van der Waals surface area (Å²) in [5.74, 6) is -0.465. The number of anilines is 3. The molecule has 0 fully saturated rings. The van der Waals surface area contributed by atoms with Crippen LogP contribution in [0.2, 0.25) is 0 Å². The highest BCUT2D eigenvalue weighted by atomic mass is 16.5. The third-order valence-corrected chi connectivity index (χ3v) is 8.07. The predicted molar refractivity (Wildman–Crippen MR) is 309 cm³/mol. The highest BCUT2D eigenvalue weighted by molar-refractivity contribution is 6.06. The molecule has 2 aromatic carbocycles. The predicted octanol–water partition coefficient (Wildman–Crippen LogP) is 12.2. The van der Waals surface area contributed by atoms with E-state index in [1.54, 1.807) is 30.5 Å². The summed E-state index contributed by atoms with van der Waals surface area (Å²) in [5, 5.41) is 18.3. The SMILES string of the molecule is C.C=C=C=C=C=C=C=C=C=C=C=C=C=C=C=C=C=C=C=C=C=C=C=C=C=C=C=C=C=C=C=C=C=C=C=C=C=C=C=C=C=C=C=C=C=C=C=C=C.COC(=O)Nc1cc(C(=O)OC)c2cc[nH]c2c1.COC(=O)Nc1cc(CO)c2c(c1)NCC2. The third kappa shape index (κ3) is 32.5. The fourth-order valence-electron chi connectivity index (χ4n) is 5.01. The van der Waals surface area contributed by atoms with Crippen molar-refractivity contribution in [3.63, 3.8) is 0 Å². The van der Waals surface area contributed by atoms with Crippen LogP contribution in [0.25, 0.3) is 10.9 Å². The first-order valence-corrected chi connectivity index (χ1v) is 22.5. The number of amides is 2. The van der Waals surface area contributed by atoms with Gasteiger partial charge in [0.2, 0.25) is 0 Å². The van der Waals surface area contributed by atoms with Crippen molar-refractivity contribution in [2.45, 2.75) is 20.5 Å². The average Bonchev–Trinajstić information content (AvgIpc) is 3.66. The molecule has 0 saturated carbocycles. The fraction of sp³-hybridized carbons (Fsp3) is 0.0959. The Hall–Kier alpha value is -14.9. The lowest BCUT2D eigenvalue weighted by molar-refractivity contribution is 0.0603. The van der Waals surface area contributed by atoms with E-state index < -0.39 is 18.2 Å². The van der Waals surface area contributed by atoms with Crippen molar-refractivity contribution in [2.24, 2.45) is 0 Å². The van der Waals surface area contributed by atoms with Crippen molar-refractivity contribution >= 4 is 46.1 Å². The van der Waals surface area contributed by atoms with Crippen molar-refractivity contribution in [1.82, 2.24) is 4.98 Å². The van der Waals surface area contributed by atoms with Gasteiger partial charge in [-0.3, -0.25) is 10.6 Å². The van der Waals surface area contributed by atoms with Gasteiger partial charge in [-0.1, -0.05) is 18.9 Å². The van der Waals surface area contributed by atoms with Crippen LogP contribution < -0.4 is 16.0 Å². The molecule has 84 heavy (non-hydrogen) atoms. The monoisotopic (exact) mass is 1080 g/mol. The molecule has 11 heteroatoms. The van der Waals surface area contributed by atoms with Crippen LogP contribution >= 0.6 is 0 Å². The molecule has 0 atom stereocenters. The van der Waals surface area contributed by atoms with Gasteiger partial charge in [0.1, 0.15) is 0 Å². The largest absolute Gasteiger partial charge is 0.465 e. The number of carbonyl (C=O) groups excluding carboxylic acids is 3. The molecular formula is C73H34N4O7. The number of aromatic nitrogens is 1. The van der Waals surface area contributed by atoms with Crippen molar-refractivity contribution < 1.29 is 33.7 Å². The number of nitrogens with one attached hydrogen (secondary N) is 4. The Morgan fingerprint density at radius 2 is 0.774 bits per heavy atom. The van der Waals surface area contributed by atoms with Crippen molar-refractivity contribution in [3.05, 3.63) is 336 Å². The van der Waals surface area contributed by atoms with Crippen LogP contribution in [0, 0.1) is 0 Å². The number of aliphatic hydroxyl groups excluding tert-OH is 1. The number of benzene rings is 2. The topological polar surface area (TPSA) is 151 Å². The van der Waals surface area contributed by atoms with Gasteiger partial charge in [-0.25, -0.2) is 14.4 Å². The van der Waals surface area contributed by atoms with Crippen LogP contribution in [0.1, 0.15) is 28.9 Å². The Morgan fingerprint density at radius 3 is 1.06 bits per heavy atom. The molecule has 0 saturated heterocycles.